The highest BCUT2D eigenvalue weighted by Crippen LogP contribution is 2.23. The van der Waals surface area contributed by atoms with Crippen LogP contribution < -0.4 is 0 Å². The maximum Gasteiger partial charge on any atom is 0.282 e. The normalized spacial score (nSPS) is 18.2. The van der Waals surface area contributed by atoms with Gasteiger partial charge in [-0.25, -0.2) is 0 Å². The van der Waals surface area contributed by atoms with Gasteiger partial charge in [0.2, 0.25) is 0 Å². The molecule has 1 saturated heterocycles. The van der Waals surface area contributed by atoms with Crippen LogP contribution in [0.1, 0.15) is 25.3 Å². The molecule has 21 heavy (non-hydrogen) atoms. The van der Waals surface area contributed by atoms with Crippen LogP contribution in [0.3, 0.4) is 0 Å². The van der Waals surface area contributed by atoms with E-state index in [1.807, 2.05) is 37.3 Å². The fraction of sp³-hybridized carbons (Fsp3) is 0.600. The summed E-state index contributed by atoms with van der Waals surface area (Å²) in [5, 5.41) is 0. The number of rotatable bonds is 6. The van der Waals surface area contributed by atoms with E-state index in [1.165, 1.54) is 0 Å². The molecule has 6 heteroatoms. The van der Waals surface area contributed by atoms with Gasteiger partial charge >= 0.3 is 0 Å². The largest absolute Gasteiger partial charge is 0.282 e. The highest BCUT2D eigenvalue weighted by Gasteiger charge is 2.31. The van der Waals surface area contributed by atoms with Crippen LogP contribution in [0.2, 0.25) is 0 Å². The zero-order valence-corrected chi connectivity index (χ0v) is 14.0. The van der Waals surface area contributed by atoms with Crippen molar-refractivity contribution >= 4 is 21.8 Å². The number of hydrogen-bond donors (Lipinski definition) is 0. The van der Waals surface area contributed by atoms with Crippen LogP contribution in [0.4, 0.5) is 0 Å². The van der Waals surface area contributed by atoms with Crippen LogP contribution in [0, 0.1) is 5.92 Å². The van der Waals surface area contributed by atoms with E-state index in [-0.39, 0.29) is 0 Å². The van der Waals surface area contributed by atoms with Gasteiger partial charge in [0, 0.05) is 32.1 Å². The molecule has 0 bridgehead atoms. The molecule has 0 atom stereocenters. The Hall–Kier alpha value is -0.620. The summed E-state index contributed by atoms with van der Waals surface area (Å²) in [6.45, 7) is 3.93. The second kappa shape index (κ2) is 7.58. The molecule has 118 valence electrons. The van der Waals surface area contributed by atoms with Crippen molar-refractivity contribution in [2.45, 2.75) is 26.3 Å². The van der Waals surface area contributed by atoms with Crippen molar-refractivity contribution in [3.63, 3.8) is 0 Å². The molecule has 2 rings (SSSR count). The van der Waals surface area contributed by atoms with E-state index in [4.69, 9.17) is 11.6 Å². The van der Waals surface area contributed by atoms with Gasteiger partial charge in [-0.15, -0.1) is 11.6 Å². The Morgan fingerprint density at radius 1 is 1.24 bits per heavy atom. The maximum absolute atomic E-state index is 12.7. The van der Waals surface area contributed by atoms with Gasteiger partial charge in [-0.3, -0.25) is 0 Å². The van der Waals surface area contributed by atoms with Crippen LogP contribution in [0.15, 0.2) is 30.3 Å². The molecule has 0 spiro atoms. The summed E-state index contributed by atoms with van der Waals surface area (Å²) < 4.78 is 28.6. The first-order valence-corrected chi connectivity index (χ1v) is 9.36. The SMILES string of the molecule is CCN(Cc1ccccc1)S(=O)(=O)N1CCC(CCl)CC1. The predicted molar refractivity (Wildman–Crippen MR) is 86.5 cm³/mol. The van der Waals surface area contributed by atoms with Gasteiger partial charge in [0.15, 0.2) is 0 Å². The molecule has 0 amide bonds. The van der Waals surface area contributed by atoms with E-state index in [0.29, 0.717) is 38.0 Å². The second-order valence-electron chi connectivity index (χ2n) is 5.42. The van der Waals surface area contributed by atoms with Crippen LogP contribution in [-0.2, 0) is 16.8 Å². The number of piperidine rings is 1. The molecule has 0 aromatic heterocycles. The highest BCUT2D eigenvalue weighted by atomic mass is 35.5. The molecule has 0 unspecified atom stereocenters. The fourth-order valence-electron chi connectivity index (χ4n) is 2.60. The second-order valence-corrected chi connectivity index (χ2v) is 7.65. The van der Waals surface area contributed by atoms with Gasteiger partial charge in [-0.2, -0.15) is 17.0 Å². The van der Waals surface area contributed by atoms with Crippen LogP contribution >= 0.6 is 11.6 Å². The molecule has 0 radical (unpaired) electrons. The number of halogens is 1. The van der Waals surface area contributed by atoms with E-state index in [9.17, 15) is 8.42 Å². The molecule has 0 N–H and O–H groups in total. The summed E-state index contributed by atoms with van der Waals surface area (Å²) in [7, 11) is -3.38. The van der Waals surface area contributed by atoms with E-state index in [0.717, 1.165) is 18.4 Å². The van der Waals surface area contributed by atoms with E-state index in [1.54, 1.807) is 8.61 Å². The molecule has 1 aliphatic rings. The van der Waals surface area contributed by atoms with Gasteiger partial charge in [0.1, 0.15) is 0 Å². The first kappa shape index (κ1) is 16.7. The topological polar surface area (TPSA) is 40.6 Å². The van der Waals surface area contributed by atoms with Gasteiger partial charge in [-0.05, 0) is 24.3 Å². The average Bonchev–Trinajstić information content (AvgIpc) is 2.53. The first-order valence-electron chi connectivity index (χ1n) is 7.43. The molecule has 1 aliphatic heterocycles. The Bertz CT molecular complexity index is 528. The molecular formula is C15H23ClN2O2S. The minimum absolute atomic E-state index is 0.426. The third-order valence-corrected chi connectivity index (χ3v) is 6.49. The third kappa shape index (κ3) is 4.19. The minimum atomic E-state index is -3.38. The zero-order valence-electron chi connectivity index (χ0n) is 12.4. The van der Waals surface area contributed by atoms with Crippen molar-refractivity contribution in [3.05, 3.63) is 35.9 Å². The predicted octanol–water partition coefficient (Wildman–Crippen LogP) is 2.70. The molecular weight excluding hydrogens is 308 g/mol. The molecule has 4 nitrogen and oxygen atoms in total. The maximum atomic E-state index is 12.7. The van der Waals surface area contributed by atoms with Crippen molar-refractivity contribution in [1.29, 1.82) is 0 Å². The summed E-state index contributed by atoms with van der Waals surface area (Å²) in [5.74, 6) is 1.07. The van der Waals surface area contributed by atoms with Crippen molar-refractivity contribution in [2.24, 2.45) is 5.92 Å². The Morgan fingerprint density at radius 3 is 2.38 bits per heavy atom. The Morgan fingerprint density at radius 2 is 1.86 bits per heavy atom. The van der Waals surface area contributed by atoms with E-state index in [2.05, 4.69) is 0 Å². The van der Waals surface area contributed by atoms with E-state index >= 15 is 0 Å². The number of benzene rings is 1. The molecule has 1 aromatic carbocycles. The highest BCUT2D eigenvalue weighted by molar-refractivity contribution is 7.86. The van der Waals surface area contributed by atoms with Crippen molar-refractivity contribution in [2.75, 3.05) is 25.5 Å². The molecule has 0 saturated carbocycles. The first-order chi connectivity index (χ1) is 10.1. The smallest absolute Gasteiger partial charge is 0.195 e. The van der Waals surface area contributed by atoms with Crippen molar-refractivity contribution in [1.82, 2.24) is 8.61 Å². The quantitative estimate of drug-likeness (QED) is 0.752. The summed E-state index contributed by atoms with van der Waals surface area (Å²) in [4.78, 5) is 0. The standard InChI is InChI=1S/C15H23ClN2O2S/c1-2-17(13-15-6-4-3-5-7-15)21(19,20)18-10-8-14(12-16)9-11-18/h3-7,14H,2,8-13H2,1H3. The van der Waals surface area contributed by atoms with Crippen LogP contribution in [0.5, 0.6) is 0 Å². The van der Waals surface area contributed by atoms with Gasteiger partial charge < -0.3 is 0 Å². The lowest BCUT2D eigenvalue weighted by Gasteiger charge is -2.34. The lowest BCUT2D eigenvalue weighted by atomic mass is 10.0. The van der Waals surface area contributed by atoms with Crippen LogP contribution in [0.25, 0.3) is 0 Å². The number of nitrogens with zero attached hydrogens (tertiary/aromatic N) is 2. The summed E-state index contributed by atoms with van der Waals surface area (Å²) in [5.41, 5.74) is 1.01. The van der Waals surface area contributed by atoms with Crippen molar-refractivity contribution < 1.29 is 8.42 Å². The van der Waals surface area contributed by atoms with Gasteiger partial charge in [0.05, 0.1) is 0 Å². The number of hydrogen-bond acceptors (Lipinski definition) is 2. The summed E-state index contributed by atoms with van der Waals surface area (Å²) >= 11 is 5.86. The molecule has 0 aliphatic carbocycles. The monoisotopic (exact) mass is 330 g/mol. The number of alkyl halides is 1. The fourth-order valence-corrected chi connectivity index (χ4v) is 4.55. The summed E-state index contributed by atoms with van der Waals surface area (Å²) in [6.07, 6.45) is 1.71. The summed E-state index contributed by atoms with van der Waals surface area (Å²) in [6, 6.07) is 9.71. The Labute approximate surface area is 132 Å². The lowest BCUT2D eigenvalue weighted by molar-refractivity contribution is 0.265. The molecule has 1 fully saturated rings. The zero-order chi connectivity index (χ0) is 15.3. The Kier molecular flexibility index (Phi) is 6.05. The van der Waals surface area contributed by atoms with E-state index < -0.39 is 10.2 Å². The Balaban J connectivity index is 2.06. The van der Waals surface area contributed by atoms with Gasteiger partial charge in [-0.1, -0.05) is 37.3 Å². The third-order valence-electron chi connectivity index (χ3n) is 4.00. The average molecular weight is 331 g/mol. The molecule has 1 heterocycles. The van der Waals surface area contributed by atoms with Crippen LogP contribution in [-0.4, -0.2) is 42.5 Å². The molecule has 1 aromatic rings. The lowest BCUT2D eigenvalue weighted by Crippen LogP contribution is -2.47. The van der Waals surface area contributed by atoms with Crippen molar-refractivity contribution in [3.8, 4) is 0 Å². The minimum Gasteiger partial charge on any atom is -0.195 e. The van der Waals surface area contributed by atoms with Gasteiger partial charge in [0.25, 0.3) is 10.2 Å².